The highest BCUT2D eigenvalue weighted by molar-refractivity contribution is 5.17. The van der Waals surface area contributed by atoms with Crippen LogP contribution in [0.3, 0.4) is 0 Å². The number of hydrogen-bond donors (Lipinski definition) is 1. The standard InChI is InChI=1S/C12H13F2N3/c13-11-5-10(6-12(14)7-11)8-15-1-3-17-4-2-16-9-17/h2,4-7,9,15H,1,3,8H2. The van der Waals surface area contributed by atoms with Crippen molar-refractivity contribution in [1.82, 2.24) is 14.9 Å². The van der Waals surface area contributed by atoms with Crippen LogP contribution in [0.1, 0.15) is 5.56 Å². The van der Waals surface area contributed by atoms with E-state index in [-0.39, 0.29) is 0 Å². The highest BCUT2D eigenvalue weighted by Gasteiger charge is 2.00. The maximum atomic E-state index is 12.9. The Morgan fingerprint density at radius 2 is 1.94 bits per heavy atom. The maximum Gasteiger partial charge on any atom is 0.126 e. The van der Waals surface area contributed by atoms with Gasteiger partial charge in [-0.05, 0) is 17.7 Å². The quantitative estimate of drug-likeness (QED) is 0.805. The van der Waals surface area contributed by atoms with Gasteiger partial charge in [-0.2, -0.15) is 0 Å². The number of aromatic nitrogens is 2. The predicted octanol–water partition coefficient (Wildman–Crippen LogP) is 1.95. The van der Waals surface area contributed by atoms with E-state index >= 15 is 0 Å². The predicted molar refractivity (Wildman–Crippen MR) is 60.3 cm³/mol. The molecule has 2 rings (SSSR count). The Labute approximate surface area is 98.1 Å². The maximum absolute atomic E-state index is 12.9. The Bertz CT molecular complexity index is 448. The lowest BCUT2D eigenvalue weighted by Crippen LogP contribution is -2.19. The van der Waals surface area contributed by atoms with Gasteiger partial charge in [-0.3, -0.25) is 0 Å². The molecule has 0 aliphatic heterocycles. The van der Waals surface area contributed by atoms with Crippen LogP contribution in [0.4, 0.5) is 8.78 Å². The second-order valence-electron chi connectivity index (χ2n) is 3.75. The monoisotopic (exact) mass is 237 g/mol. The molecule has 1 aromatic heterocycles. The van der Waals surface area contributed by atoms with Crippen LogP contribution in [0.15, 0.2) is 36.9 Å². The van der Waals surface area contributed by atoms with Crippen molar-refractivity contribution in [2.45, 2.75) is 13.1 Å². The second kappa shape index (κ2) is 5.54. The number of nitrogens with one attached hydrogen (secondary N) is 1. The number of halogens is 2. The van der Waals surface area contributed by atoms with E-state index in [4.69, 9.17) is 0 Å². The van der Waals surface area contributed by atoms with E-state index in [1.165, 1.54) is 12.1 Å². The van der Waals surface area contributed by atoms with Gasteiger partial charge in [-0.15, -0.1) is 0 Å². The molecule has 17 heavy (non-hydrogen) atoms. The SMILES string of the molecule is Fc1cc(F)cc(CNCCn2ccnc2)c1. The minimum atomic E-state index is -0.545. The lowest BCUT2D eigenvalue weighted by molar-refractivity contribution is 0.567. The second-order valence-corrected chi connectivity index (χ2v) is 3.75. The highest BCUT2D eigenvalue weighted by atomic mass is 19.1. The lowest BCUT2D eigenvalue weighted by atomic mass is 10.2. The molecular weight excluding hydrogens is 224 g/mol. The third-order valence-electron chi connectivity index (χ3n) is 2.36. The summed E-state index contributed by atoms with van der Waals surface area (Å²) in [6.07, 6.45) is 5.30. The molecule has 0 atom stereocenters. The topological polar surface area (TPSA) is 29.9 Å². The molecule has 90 valence electrons. The third-order valence-corrected chi connectivity index (χ3v) is 2.36. The van der Waals surface area contributed by atoms with Crippen LogP contribution < -0.4 is 5.32 Å². The smallest absolute Gasteiger partial charge is 0.126 e. The van der Waals surface area contributed by atoms with Crippen LogP contribution in [0, 0.1) is 11.6 Å². The van der Waals surface area contributed by atoms with E-state index in [1.807, 2.05) is 10.8 Å². The van der Waals surface area contributed by atoms with Gasteiger partial charge in [0.1, 0.15) is 11.6 Å². The van der Waals surface area contributed by atoms with Crippen molar-refractivity contribution in [3.8, 4) is 0 Å². The summed E-state index contributed by atoms with van der Waals surface area (Å²) in [7, 11) is 0. The number of imidazole rings is 1. The summed E-state index contributed by atoms with van der Waals surface area (Å²) < 4.78 is 27.7. The zero-order valence-corrected chi connectivity index (χ0v) is 9.24. The van der Waals surface area contributed by atoms with Crippen molar-refractivity contribution in [2.24, 2.45) is 0 Å². The Balaban J connectivity index is 1.78. The molecule has 0 saturated heterocycles. The molecule has 2 aromatic rings. The van der Waals surface area contributed by atoms with E-state index in [2.05, 4.69) is 10.3 Å². The van der Waals surface area contributed by atoms with Gasteiger partial charge in [0.15, 0.2) is 0 Å². The zero-order valence-electron chi connectivity index (χ0n) is 9.24. The van der Waals surface area contributed by atoms with E-state index in [1.54, 1.807) is 12.5 Å². The van der Waals surface area contributed by atoms with Gasteiger partial charge in [0.25, 0.3) is 0 Å². The summed E-state index contributed by atoms with van der Waals surface area (Å²) in [4.78, 5) is 3.92. The average molecular weight is 237 g/mol. The number of rotatable bonds is 5. The summed E-state index contributed by atoms with van der Waals surface area (Å²) in [5, 5.41) is 3.11. The van der Waals surface area contributed by atoms with Crippen LogP contribution >= 0.6 is 0 Å². The van der Waals surface area contributed by atoms with Crippen molar-refractivity contribution >= 4 is 0 Å². The Morgan fingerprint density at radius 1 is 1.18 bits per heavy atom. The largest absolute Gasteiger partial charge is 0.336 e. The minimum Gasteiger partial charge on any atom is -0.336 e. The molecule has 0 aliphatic rings. The molecule has 0 unspecified atom stereocenters. The van der Waals surface area contributed by atoms with Crippen LogP contribution in [-0.2, 0) is 13.1 Å². The fourth-order valence-corrected chi connectivity index (χ4v) is 1.57. The highest BCUT2D eigenvalue weighted by Crippen LogP contribution is 2.07. The zero-order chi connectivity index (χ0) is 12.1. The Morgan fingerprint density at radius 3 is 2.59 bits per heavy atom. The summed E-state index contributed by atoms with van der Waals surface area (Å²) >= 11 is 0. The normalized spacial score (nSPS) is 10.7. The first-order chi connectivity index (χ1) is 8.24. The van der Waals surface area contributed by atoms with Crippen molar-refractivity contribution < 1.29 is 8.78 Å². The van der Waals surface area contributed by atoms with E-state index in [0.717, 1.165) is 12.6 Å². The van der Waals surface area contributed by atoms with Crippen molar-refractivity contribution in [1.29, 1.82) is 0 Å². The Hall–Kier alpha value is -1.75. The van der Waals surface area contributed by atoms with Gasteiger partial charge in [0.2, 0.25) is 0 Å². The first-order valence-corrected chi connectivity index (χ1v) is 5.35. The average Bonchev–Trinajstić information content (AvgIpc) is 2.76. The molecule has 5 heteroatoms. The first-order valence-electron chi connectivity index (χ1n) is 5.35. The van der Waals surface area contributed by atoms with Gasteiger partial charge in [0.05, 0.1) is 6.33 Å². The Kier molecular flexibility index (Phi) is 3.82. The molecule has 1 N–H and O–H groups in total. The molecule has 3 nitrogen and oxygen atoms in total. The van der Waals surface area contributed by atoms with Gasteiger partial charge < -0.3 is 9.88 Å². The molecule has 0 bridgehead atoms. The van der Waals surface area contributed by atoms with Crippen molar-refractivity contribution in [3.05, 3.63) is 54.1 Å². The molecule has 0 spiro atoms. The number of nitrogens with zero attached hydrogens (tertiary/aromatic N) is 2. The van der Waals surface area contributed by atoms with Crippen LogP contribution in [0.2, 0.25) is 0 Å². The van der Waals surface area contributed by atoms with Crippen LogP contribution in [-0.4, -0.2) is 16.1 Å². The van der Waals surface area contributed by atoms with E-state index in [0.29, 0.717) is 18.7 Å². The summed E-state index contributed by atoms with van der Waals surface area (Å²) in [6, 6.07) is 3.52. The lowest BCUT2D eigenvalue weighted by Gasteiger charge is -2.06. The fourth-order valence-electron chi connectivity index (χ4n) is 1.57. The number of benzene rings is 1. The molecule has 0 saturated carbocycles. The van der Waals surface area contributed by atoms with Crippen molar-refractivity contribution in [2.75, 3.05) is 6.54 Å². The fraction of sp³-hybridized carbons (Fsp3) is 0.250. The number of hydrogen-bond acceptors (Lipinski definition) is 2. The molecule has 0 amide bonds. The van der Waals surface area contributed by atoms with Gasteiger partial charge >= 0.3 is 0 Å². The summed E-state index contributed by atoms with van der Waals surface area (Å²) in [5.41, 5.74) is 0.605. The molecule has 0 aliphatic carbocycles. The van der Waals surface area contributed by atoms with Crippen LogP contribution in [0.5, 0.6) is 0 Å². The van der Waals surface area contributed by atoms with Crippen molar-refractivity contribution in [3.63, 3.8) is 0 Å². The third kappa shape index (κ3) is 3.64. The molecule has 0 fully saturated rings. The van der Waals surface area contributed by atoms with E-state index in [9.17, 15) is 8.78 Å². The summed E-state index contributed by atoms with van der Waals surface area (Å²) in [6.45, 7) is 1.94. The van der Waals surface area contributed by atoms with Crippen LogP contribution in [0.25, 0.3) is 0 Å². The minimum absolute atomic E-state index is 0.448. The van der Waals surface area contributed by atoms with E-state index < -0.39 is 11.6 Å². The molecule has 1 heterocycles. The molecule has 0 radical (unpaired) electrons. The molecular formula is C12H13F2N3. The summed E-state index contributed by atoms with van der Waals surface area (Å²) in [5.74, 6) is -1.09. The first kappa shape index (κ1) is 11.7. The van der Waals surface area contributed by atoms with Gasteiger partial charge in [-0.1, -0.05) is 0 Å². The van der Waals surface area contributed by atoms with Gasteiger partial charge in [-0.25, -0.2) is 13.8 Å². The van der Waals surface area contributed by atoms with Gasteiger partial charge in [0, 0.05) is 38.1 Å². The molecule has 1 aromatic carbocycles.